The first kappa shape index (κ1) is 21.1. The minimum absolute atomic E-state index is 0.0567. The zero-order valence-corrected chi connectivity index (χ0v) is 18.1. The van der Waals surface area contributed by atoms with Crippen molar-refractivity contribution >= 4 is 51.8 Å². The molecule has 0 atom stereocenters. The highest BCUT2D eigenvalue weighted by molar-refractivity contribution is 7.98. The maximum atomic E-state index is 12.2. The first-order valence-corrected chi connectivity index (χ1v) is 10.8. The molecule has 4 rings (SSSR count). The van der Waals surface area contributed by atoms with Crippen molar-refractivity contribution in [3.63, 3.8) is 0 Å². The van der Waals surface area contributed by atoms with Gasteiger partial charge in [0.1, 0.15) is 0 Å². The molecule has 1 amide bonds. The highest BCUT2D eigenvalue weighted by Crippen LogP contribution is 2.24. The molecule has 0 spiro atoms. The summed E-state index contributed by atoms with van der Waals surface area (Å²) in [5.74, 6) is 1.13. The maximum Gasteiger partial charge on any atom is 0.227 e. The van der Waals surface area contributed by atoms with Crippen molar-refractivity contribution in [1.29, 1.82) is 0 Å². The van der Waals surface area contributed by atoms with Crippen molar-refractivity contribution < 1.29 is 14.1 Å². The number of anilines is 1. The summed E-state index contributed by atoms with van der Waals surface area (Å²) in [6.07, 6.45) is 0.502. The van der Waals surface area contributed by atoms with Gasteiger partial charge in [-0.15, -0.1) is 0 Å². The molecule has 0 aliphatic rings. The van der Waals surface area contributed by atoms with Crippen LogP contribution in [-0.2, 0) is 17.0 Å². The van der Waals surface area contributed by atoms with Crippen LogP contribution in [0.25, 0.3) is 11.0 Å². The number of benzene rings is 2. The predicted molar refractivity (Wildman–Crippen MR) is 118 cm³/mol. The molecule has 2 heterocycles. The van der Waals surface area contributed by atoms with E-state index in [9.17, 15) is 9.59 Å². The number of aromatic nitrogens is 4. The number of aryl methyl sites for hydroxylation is 1. The van der Waals surface area contributed by atoms with Crippen LogP contribution in [0.4, 0.5) is 5.69 Å². The Kier molecular flexibility index (Phi) is 6.34. The van der Waals surface area contributed by atoms with Crippen molar-refractivity contribution in [2.45, 2.75) is 30.7 Å². The quantitative estimate of drug-likeness (QED) is 0.293. The van der Waals surface area contributed by atoms with E-state index in [4.69, 9.17) is 16.1 Å². The molecule has 0 aliphatic heterocycles. The molecule has 2 N–H and O–H groups in total. The van der Waals surface area contributed by atoms with Gasteiger partial charge >= 0.3 is 0 Å². The number of hydrogen-bond donors (Lipinski definition) is 2. The Morgan fingerprint density at radius 3 is 2.90 bits per heavy atom. The second-order valence-electron chi connectivity index (χ2n) is 6.78. The third-order valence-corrected chi connectivity index (χ3v) is 5.49. The Labute approximate surface area is 186 Å². The number of nitrogens with zero attached hydrogens (tertiary/aromatic N) is 3. The van der Waals surface area contributed by atoms with Gasteiger partial charge in [-0.3, -0.25) is 9.59 Å². The first-order chi connectivity index (χ1) is 15.0. The fourth-order valence-corrected chi connectivity index (χ4v) is 3.77. The number of imidazole rings is 1. The lowest BCUT2D eigenvalue weighted by Crippen LogP contribution is -2.12. The van der Waals surface area contributed by atoms with E-state index in [1.165, 1.54) is 18.7 Å². The summed E-state index contributed by atoms with van der Waals surface area (Å²) in [5.41, 5.74) is 2.82. The molecule has 8 nitrogen and oxygen atoms in total. The lowest BCUT2D eigenvalue weighted by Gasteiger charge is -2.05. The first-order valence-electron chi connectivity index (χ1n) is 9.46. The molecular formula is C21H18ClN5O3S. The average molecular weight is 456 g/mol. The van der Waals surface area contributed by atoms with Crippen LogP contribution in [0.1, 0.15) is 35.4 Å². The normalized spacial score (nSPS) is 11.0. The molecule has 2 aromatic carbocycles. The minimum Gasteiger partial charge on any atom is -0.339 e. The molecular weight excluding hydrogens is 438 g/mol. The number of carbonyl (C=O) groups excluding carboxylic acids is 2. The van der Waals surface area contributed by atoms with Gasteiger partial charge < -0.3 is 14.8 Å². The summed E-state index contributed by atoms with van der Waals surface area (Å²) in [6, 6.07) is 12.3. The summed E-state index contributed by atoms with van der Waals surface area (Å²) in [4.78, 5) is 35.6. The van der Waals surface area contributed by atoms with Gasteiger partial charge in [-0.1, -0.05) is 40.7 Å². The highest BCUT2D eigenvalue weighted by Gasteiger charge is 2.12. The Bertz CT molecular complexity index is 1250. The van der Waals surface area contributed by atoms with E-state index in [0.717, 1.165) is 16.2 Å². The zero-order chi connectivity index (χ0) is 21.8. The van der Waals surface area contributed by atoms with Crippen molar-refractivity contribution in [2.24, 2.45) is 0 Å². The Hall–Kier alpha value is -3.17. The Morgan fingerprint density at radius 2 is 2.06 bits per heavy atom. The summed E-state index contributed by atoms with van der Waals surface area (Å²) in [7, 11) is 0. The van der Waals surface area contributed by atoms with Gasteiger partial charge in [0.25, 0.3) is 0 Å². The number of halogens is 1. The van der Waals surface area contributed by atoms with Crippen molar-refractivity contribution in [1.82, 2.24) is 20.1 Å². The second-order valence-corrected chi connectivity index (χ2v) is 8.18. The van der Waals surface area contributed by atoms with E-state index in [-0.39, 0.29) is 18.1 Å². The third-order valence-electron chi connectivity index (χ3n) is 4.39. The maximum absolute atomic E-state index is 12.2. The Balaban J connectivity index is 1.28. The monoisotopic (exact) mass is 455 g/mol. The van der Waals surface area contributed by atoms with E-state index in [1.807, 2.05) is 12.1 Å². The number of Topliss-reactive ketones (excluding diaryl/α,β-unsaturated/α-hetero) is 1. The second kappa shape index (κ2) is 9.32. The number of hydrogen-bond acceptors (Lipinski definition) is 7. The summed E-state index contributed by atoms with van der Waals surface area (Å²) < 4.78 is 5.23. The van der Waals surface area contributed by atoms with E-state index >= 15 is 0 Å². The van der Waals surface area contributed by atoms with E-state index in [2.05, 4.69) is 25.4 Å². The van der Waals surface area contributed by atoms with Gasteiger partial charge in [-0.25, -0.2) is 4.98 Å². The molecule has 0 radical (unpaired) electrons. The SMILES string of the molecule is CC(=O)c1cccc(NC(=O)CCc2nc(CSc3nc4ccc(Cl)cc4[nH]3)no2)c1. The van der Waals surface area contributed by atoms with Gasteiger partial charge in [0, 0.05) is 29.1 Å². The van der Waals surface area contributed by atoms with Gasteiger partial charge in [-0.05, 0) is 37.3 Å². The number of rotatable bonds is 8. The number of aromatic amines is 1. The number of carbonyl (C=O) groups is 2. The molecule has 2 aromatic heterocycles. The fraction of sp³-hybridized carbons (Fsp3) is 0.190. The third kappa shape index (κ3) is 5.50. The van der Waals surface area contributed by atoms with E-state index < -0.39 is 0 Å². The van der Waals surface area contributed by atoms with Gasteiger partial charge in [-0.2, -0.15) is 4.98 Å². The zero-order valence-electron chi connectivity index (χ0n) is 16.5. The number of thioether (sulfide) groups is 1. The number of fused-ring (bicyclic) bond motifs is 1. The molecule has 0 saturated carbocycles. The molecule has 0 fully saturated rings. The smallest absolute Gasteiger partial charge is 0.227 e. The molecule has 158 valence electrons. The standard InChI is InChI=1S/C21H18ClN5O3S/c1-12(28)13-3-2-4-15(9-13)23-19(29)7-8-20-26-18(27-30-20)11-31-21-24-16-6-5-14(22)10-17(16)25-21/h2-6,9-10H,7-8,11H2,1H3,(H,23,29)(H,24,25). The minimum atomic E-state index is -0.198. The van der Waals surface area contributed by atoms with Crippen LogP contribution < -0.4 is 5.32 Å². The molecule has 31 heavy (non-hydrogen) atoms. The van der Waals surface area contributed by atoms with Crippen molar-refractivity contribution in [3.8, 4) is 0 Å². The summed E-state index contributed by atoms with van der Waals surface area (Å²) >= 11 is 7.44. The molecule has 4 aromatic rings. The molecule has 0 saturated heterocycles. The van der Waals surface area contributed by atoms with E-state index in [0.29, 0.717) is 40.2 Å². The molecule has 0 aliphatic carbocycles. The Morgan fingerprint density at radius 1 is 1.19 bits per heavy atom. The van der Waals surface area contributed by atoms with Crippen molar-refractivity contribution in [3.05, 3.63) is 64.8 Å². The van der Waals surface area contributed by atoms with Crippen LogP contribution >= 0.6 is 23.4 Å². The van der Waals surface area contributed by atoms with Crippen LogP contribution in [0, 0.1) is 0 Å². The number of amides is 1. The lowest BCUT2D eigenvalue weighted by atomic mass is 10.1. The van der Waals surface area contributed by atoms with Crippen LogP contribution in [0.15, 0.2) is 52.1 Å². The highest BCUT2D eigenvalue weighted by atomic mass is 35.5. The topological polar surface area (TPSA) is 114 Å². The molecule has 0 unspecified atom stereocenters. The van der Waals surface area contributed by atoms with Gasteiger partial charge in [0.05, 0.1) is 16.8 Å². The van der Waals surface area contributed by atoms with Crippen LogP contribution in [-0.4, -0.2) is 31.8 Å². The largest absolute Gasteiger partial charge is 0.339 e. The number of H-pyrrole nitrogens is 1. The molecule has 0 bridgehead atoms. The predicted octanol–water partition coefficient (Wildman–Crippen LogP) is 4.67. The van der Waals surface area contributed by atoms with Crippen LogP contribution in [0.2, 0.25) is 5.02 Å². The van der Waals surface area contributed by atoms with Crippen molar-refractivity contribution in [2.75, 3.05) is 5.32 Å². The fourth-order valence-electron chi connectivity index (χ4n) is 2.87. The summed E-state index contributed by atoms with van der Waals surface area (Å²) in [5, 5.41) is 8.10. The lowest BCUT2D eigenvalue weighted by molar-refractivity contribution is -0.116. The summed E-state index contributed by atoms with van der Waals surface area (Å²) in [6.45, 7) is 1.48. The van der Waals surface area contributed by atoms with Gasteiger partial charge in [0.15, 0.2) is 16.8 Å². The molecule has 10 heteroatoms. The van der Waals surface area contributed by atoms with Crippen LogP contribution in [0.3, 0.4) is 0 Å². The number of nitrogens with one attached hydrogen (secondary N) is 2. The van der Waals surface area contributed by atoms with Gasteiger partial charge in [0.2, 0.25) is 11.8 Å². The van der Waals surface area contributed by atoms with Crippen LogP contribution in [0.5, 0.6) is 0 Å². The number of ketones is 1. The average Bonchev–Trinajstić information content (AvgIpc) is 3.37. The van der Waals surface area contributed by atoms with E-state index in [1.54, 1.807) is 30.3 Å².